The van der Waals surface area contributed by atoms with Crippen LogP contribution >= 0.6 is 11.8 Å². The highest BCUT2D eigenvalue weighted by Crippen LogP contribution is 2.25. The van der Waals surface area contributed by atoms with Crippen LogP contribution in [0.2, 0.25) is 0 Å². The van der Waals surface area contributed by atoms with Gasteiger partial charge in [0, 0.05) is 11.8 Å². The van der Waals surface area contributed by atoms with Gasteiger partial charge in [-0.1, -0.05) is 6.07 Å². The normalized spacial score (nSPS) is 11.4. The van der Waals surface area contributed by atoms with Crippen LogP contribution in [0.1, 0.15) is 11.5 Å². The maximum atomic E-state index is 12.1. The van der Waals surface area contributed by atoms with Gasteiger partial charge in [0.05, 0.1) is 12.3 Å². The van der Waals surface area contributed by atoms with Crippen molar-refractivity contribution in [3.8, 4) is 5.75 Å². The first-order chi connectivity index (χ1) is 9.96. The second-order valence-electron chi connectivity index (χ2n) is 4.23. The zero-order valence-corrected chi connectivity index (χ0v) is 12.1. The molecule has 3 nitrogen and oxygen atoms in total. The predicted octanol–water partition coefficient (Wildman–Crippen LogP) is 4.65. The van der Waals surface area contributed by atoms with E-state index in [9.17, 15) is 13.2 Å². The summed E-state index contributed by atoms with van der Waals surface area (Å²) in [5, 5.41) is 2.99. The van der Waals surface area contributed by atoms with E-state index in [0.29, 0.717) is 12.2 Å². The minimum atomic E-state index is -4.69. The third-order valence-corrected chi connectivity index (χ3v) is 3.11. The summed E-state index contributed by atoms with van der Waals surface area (Å²) in [4.78, 5) is 0. The van der Waals surface area contributed by atoms with Crippen LogP contribution in [0.3, 0.4) is 0 Å². The molecule has 0 radical (unpaired) electrons. The molecule has 2 rings (SSSR count). The lowest BCUT2D eigenvalue weighted by molar-refractivity contribution is -0.274. The molecule has 1 heterocycles. The standard InChI is InChI=1S/C14H14F3NO2S/c1-21-9-13-6-5-12(19-13)8-18-10-3-2-4-11(7-10)20-14(15,16)17/h2-7,18H,8-9H2,1H3. The fraction of sp³-hybridized carbons (Fsp3) is 0.286. The molecule has 1 aromatic carbocycles. The minimum Gasteiger partial charge on any atom is -0.463 e. The van der Waals surface area contributed by atoms with Crippen molar-refractivity contribution in [3.05, 3.63) is 47.9 Å². The van der Waals surface area contributed by atoms with E-state index in [-0.39, 0.29) is 5.75 Å². The van der Waals surface area contributed by atoms with E-state index in [1.807, 2.05) is 18.4 Å². The van der Waals surface area contributed by atoms with E-state index in [1.54, 1.807) is 17.8 Å². The quantitative estimate of drug-likeness (QED) is 0.841. The van der Waals surface area contributed by atoms with E-state index >= 15 is 0 Å². The van der Waals surface area contributed by atoms with Crippen molar-refractivity contribution >= 4 is 17.4 Å². The van der Waals surface area contributed by atoms with E-state index in [2.05, 4.69) is 10.1 Å². The van der Waals surface area contributed by atoms with Gasteiger partial charge in [0.2, 0.25) is 0 Å². The van der Waals surface area contributed by atoms with Crippen LogP contribution in [0.4, 0.5) is 18.9 Å². The molecule has 0 aliphatic rings. The Morgan fingerprint density at radius 1 is 1.19 bits per heavy atom. The number of alkyl halides is 3. The van der Waals surface area contributed by atoms with Gasteiger partial charge in [-0.3, -0.25) is 0 Å². The molecule has 7 heteroatoms. The highest BCUT2D eigenvalue weighted by atomic mass is 32.2. The maximum absolute atomic E-state index is 12.1. The summed E-state index contributed by atoms with van der Waals surface area (Å²) in [6, 6.07) is 9.42. The van der Waals surface area contributed by atoms with Crippen LogP contribution in [0.15, 0.2) is 40.8 Å². The summed E-state index contributed by atoms with van der Waals surface area (Å²) in [6.07, 6.45) is -2.71. The summed E-state index contributed by atoms with van der Waals surface area (Å²) >= 11 is 1.65. The Kier molecular flexibility index (Phi) is 5.06. The van der Waals surface area contributed by atoms with Gasteiger partial charge in [-0.25, -0.2) is 0 Å². The van der Waals surface area contributed by atoms with E-state index in [1.165, 1.54) is 18.2 Å². The summed E-state index contributed by atoms with van der Waals surface area (Å²) in [5.41, 5.74) is 0.527. The molecule has 114 valence electrons. The molecule has 0 atom stereocenters. The van der Waals surface area contributed by atoms with Crippen molar-refractivity contribution in [2.45, 2.75) is 18.7 Å². The lowest BCUT2D eigenvalue weighted by atomic mass is 10.3. The third kappa shape index (κ3) is 5.26. The SMILES string of the molecule is CSCc1ccc(CNc2cccc(OC(F)(F)F)c2)o1. The van der Waals surface area contributed by atoms with Gasteiger partial charge >= 0.3 is 6.36 Å². The zero-order valence-electron chi connectivity index (χ0n) is 11.2. The largest absolute Gasteiger partial charge is 0.573 e. The Morgan fingerprint density at radius 2 is 1.95 bits per heavy atom. The number of hydrogen-bond acceptors (Lipinski definition) is 4. The monoisotopic (exact) mass is 317 g/mol. The Hall–Kier alpha value is -1.76. The lowest BCUT2D eigenvalue weighted by Crippen LogP contribution is -2.17. The number of thioether (sulfide) groups is 1. The summed E-state index contributed by atoms with van der Waals surface area (Å²) in [7, 11) is 0. The molecule has 0 fully saturated rings. The van der Waals surface area contributed by atoms with Crippen molar-refractivity contribution in [1.82, 2.24) is 0 Å². The molecule has 0 aliphatic heterocycles. The molecule has 0 saturated heterocycles. The molecule has 2 aromatic rings. The van der Waals surface area contributed by atoms with Gasteiger partial charge in [-0.2, -0.15) is 11.8 Å². The number of benzene rings is 1. The summed E-state index contributed by atoms with van der Waals surface area (Å²) in [5.74, 6) is 2.12. The van der Waals surface area contributed by atoms with Gasteiger partial charge in [0.1, 0.15) is 17.3 Å². The first-order valence-corrected chi connectivity index (χ1v) is 7.52. The van der Waals surface area contributed by atoms with Gasteiger partial charge in [0.15, 0.2) is 0 Å². The smallest absolute Gasteiger partial charge is 0.463 e. The van der Waals surface area contributed by atoms with Crippen LogP contribution in [-0.4, -0.2) is 12.6 Å². The van der Waals surface area contributed by atoms with Crippen LogP contribution in [0.5, 0.6) is 5.75 Å². The van der Waals surface area contributed by atoms with Crippen molar-refractivity contribution in [2.75, 3.05) is 11.6 Å². The number of anilines is 1. The summed E-state index contributed by atoms with van der Waals surface area (Å²) in [6.45, 7) is 0.393. The molecule has 0 unspecified atom stereocenters. The minimum absolute atomic E-state index is 0.255. The third-order valence-electron chi connectivity index (χ3n) is 2.54. The van der Waals surface area contributed by atoms with E-state index in [0.717, 1.165) is 17.3 Å². The Bertz CT molecular complexity index is 584. The number of furan rings is 1. The lowest BCUT2D eigenvalue weighted by Gasteiger charge is -2.10. The van der Waals surface area contributed by atoms with Gasteiger partial charge in [0.25, 0.3) is 0 Å². The zero-order chi connectivity index (χ0) is 15.3. The molecule has 0 amide bonds. The average molecular weight is 317 g/mol. The second-order valence-corrected chi connectivity index (χ2v) is 5.10. The molecule has 0 bridgehead atoms. The highest BCUT2D eigenvalue weighted by Gasteiger charge is 2.31. The van der Waals surface area contributed by atoms with Crippen molar-refractivity contribution < 1.29 is 22.3 Å². The van der Waals surface area contributed by atoms with Gasteiger partial charge in [-0.15, -0.1) is 13.2 Å². The van der Waals surface area contributed by atoms with Crippen LogP contribution in [0.25, 0.3) is 0 Å². The summed E-state index contributed by atoms with van der Waals surface area (Å²) < 4.78 is 45.8. The topological polar surface area (TPSA) is 34.4 Å². The first-order valence-electron chi connectivity index (χ1n) is 6.12. The number of halogens is 3. The molecule has 0 aliphatic carbocycles. The number of ether oxygens (including phenoxy) is 1. The number of nitrogens with one attached hydrogen (secondary N) is 1. The van der Waals surface area contributed by atoms with Gasteiger partial charge in [-0.05, 0) is 30.5 Å². The van der Waals surface area contributed by atoms with E-state index in [4.69, 9.17) is 4.42 Å². The molecule has 0 spiro atoms. The molecule has 21 heavy (non-hydrogen) atoms. The predicted molar refractivity (Wildman–Crippen MR) is 76.4 cm³/mol. The fourth-order valence-electron chi connectivity index (χ4n) is 1.73. The fourth-order valence-corrected chi connectivity index (χ4v) is 2.17. The number of rotatable bonds is 6. The Balaban J connectivity index is 1.94. The van der Waals surface area contributed by atoms with Crippen molar-refractivity contribution in [2.24, 2.45) is 0 Å². The first kappa shape index (κ1) is 15.6. The Labute approximate surface area is 124 Å². The molecule has 1 aromatic heterocycles. The highest BCUT2D eigenvalue weighted by molar-refractivity contribution is 7.97. The van der Waals surface area contributed by atoms with Crippen LogP contribution in [-0.2, 0) is 12.3 Å². The molecule has 1 N–H and O–H groups in total. The van der Waals surface area contributed by atoms with Crippen LogP contribution in [0, 0.1) is 0 Å². The molecular formula is C14H14F3NO2S. The number of hydrogen-bond donors (Lipinski definition) is 1. The maximum Gasteiger partial charge on any atom is 0.573 e. The van der Waals surface area contributed by atoms with Crippen molar-refractivity contribution in [1.29, 1.82) is 0 Å². The van der Waals surface area contributed by atoms with Crippen molar-refractivity contribution in [3.63, 3.8) is 0 Å². The van der Waals surface area contributed by atoms with Gasteiger partial charge < -0.3 is 14.5 Å². The second kappa shape index (κ2) is 6.80. The van der Waals surface area contributed by atoms with E-state index < -0.39 is 6.36 Å². The Morgan fingerprint density at radius 3 is 2.67 bits per heavy atom. The average Bonchev–Trinajstić information content (AvgIpc) is 2.83. The van der Waals surface area contributed by atoms with Crippen LogP contribution < -0.4 is 10.1 Å². The molecular weight excluding hydrogens is 303 g/mol. The molecule has 0 saturated carbocycles.